The number of aliphatic hydroxyl groups excluding tert-OH is 1. The molecule has 1 N–H and O–H groups in total. The molecule has 0 aromatic heterocycles. The van der Waals surface area contributed by atoms with Gasteiger partial charge in [-0.15, -0.1) is 0 Å². The van der Waals surface area contributed by atoms with Crippen LogP contribution in [0.2, 0.25) is 0 Å². The molecule has 1 heterocycles. The summed E-state index contributed by atoms with van der Waals surface area (Å²) in [6, 6.07) is 4.50. The molecule has 1 aromatic carbocycles. The molecule has 64 valence electrons. The van der Waals surface area contributed by atoms with Gasteiger partial charge in [-0.2, -0.15) is 0 Å². The lowest BCUT2D eigenvalue weighted by atomic mass is 10.1. The van der Waals surface area contributed by atoms with Crippen LogP contribution < -0.4 is 0 Å². The highest BCUT2D eigenvalue weighted by atomic mass is 19.1. The van der Waals surface area contributed by atoms with Gasteiger partial charge in [-0.1, -0.05) is 6.07 Å². The second-order valence-corrected chi connectivity index (χ2v) is 2.83. The second kappa shape index (κ2) is 2.84. The Kier molecular flexibility index (Phi) is 1.83. The second-order valence-electron chi connectivity index (χ2n) is 2.83. The molecule has 0 spiro atoms. The normalized spacial score (nSPS) is 21.0. The lowest BCUT2D eigenvalue weighted by Gasteiger charge is -2.05. The Morgan fingerprint density at radius 1 is 1.58 bits per heavy atom. The fourth-order valence-corrected chi connectivity index (χ4v) is 1.44. The van der Waals surface area contributed by atoms with Crippen molar-refractivity contribution in [3.8, 4) is 0 Å². The van der Waals surface area contributed by atoms with E-state index in [9.17, 15) is 4.39 Å². The molecule has 1 atom stereocenters. The van der Waals surface area contributed by atoms with E-state index < -0.39 is 0 Å². The van der Waals surface area contributed by atoms with Crippen LogP contribution in [0, 0.1) is 5.82 Å². The van der Waals surface area contributed by atoms with Crippen LogP contribution in [0.15, 0.2) is 18.2 Å². The SMILES string of the molecule is OC[C@H]1OCc2cc(F)ccc21. The summed E-state index contributed by atoms with van der Waals surface area (Å²) in [7, 11) is 0. The number of hydrogen-bond donors (Lipinski definition) is 1. The summed E-state index contributed by atoms with van der Waals surface area (Å²) in [6.45, 7) is 0.358. The van der Waals surface area contributed by atoms with E-state index in [0.717, 1.165) is 11.1 Å². The van der Waals surface area contributed by atoms with Crippen LogP contribution in [0.3, 0.4) is 0 Å². The number of fused-ring (bicyclic) bond motifs is 1. The van der Waals surface area contributed by atoms with Gasteiger partial charge in [0.25, 0.3) is 0 Å². The van der Waals surface area contributed by atoms with Crippen molar-refractivity contribution >= 4 is 0 Å². The van der Waals surface area contributed by atoms with E-state index in [1.54, 1.807) is 6.07 Å². The van der Waals surface area contributed by atoms with Gasteiger partial charge in [-0.3, -0.25) is 0 Å². The predicted octanol–water partition coefficient (Wildman–Crippen LogP) is 1.39. The Bertz CT molecular complexity index is 299. The number of hydrogen-bond acceptors (Lipinski definition) is 2. The van der Waals surface area contributed by atoms with Crippen LogP contribution in [0.25, 0.3) is 0 Å². The summed E-state index contributed by atoms with van der Waals surface area (Å²) in [5, 5.41) is 8.86. The smallest absolute Gasteiger partial charge is 0.123 e. The quantitative estimate of drug-likeness (QED) is 0.686. The number of aliphatic hydroxyl groups is 1. The zero-order valence-corrected chi connectivity index (χ0v) is 6.46. The Hall–Kier alpha value is -0.930. The van der Waals surface area contributed by atoms with Crippen molar-refractivity contribution in [2.24, 2.45) is 0 Å². The molecule has 1 aliphatic rings. The van der Waals surface area contributed by atoms with Crippen LogP contribution in [0.5, 0.6) is 0 Å². The zero-order valence-electron chi connectivity index (χ0n) is 6.46. The maximum absolute atomic E-state index is 12.7. The maximum atomic E-state index is 12.7. The first kappa shape index (κ1) is 7.71. The van der Waals surface area contributed by atoms with Crippen LogP contribution in [0.1, 0.15) is 17.2 Å². The van der Waals surface area contributed by atoms with Gasteiger partial charge in [0.2, 0.25) is 0 Å². The summed E-state index contributed by atoms with van der Waals surface area (Å²) < 4.78 is 17.9. The topological polar surface area (TPSA) is 29.5 Å². The number of benzene rings is 1. The molecule has 0 saturated heterocycles. The largest absolute Gasteiger partial charge is 0.393 e. The molecule has 0 saturated carbocycles. The lowest BCUT2D eigenvalue weighted by Crippen LogP contribution is -2.00. The summed E-state index contributed by atoms with van der Waals surface area (Å²) >= 11 is 0. The third-order valence-corrected chi connectivity index (χ3v) is 2.06. The molecule has 12 heavy (non-hydrogen) atoms. The van der Waals surface area contributed by atoms with Crippen LogP contribution in [-0.2, 0) is 11.3 Å². The van der Waals surface area contributed by atoms with Crippen molar-refractivity contribution in [1.29, 1.82) is 0 Å². The van der Waals surface area contributed by atoms with Crippen molar-refractivity contribution in [2.75, 3.05) is 6.61 Å². The number of rotatable bonds is 1. The summed E-state index contributed by atoms with van der Waals surface area (Å²) in [6.07, 6.45) is -0.263. The summed E-state index contributed by atoms with van der Waals surface area (Å²) in [4.78, 5) is 0. The van der Waals surface area contributed by atoms with Gasteiger partial charge in [0.15, 0.2) is 0 Å². The first-order valence-electron chi connectivity index (χ1n) is 3.82. The highest BCUT2D eigenvalue weighted by molar-refractivity contribution is 5.32. The van der Waals surface area contributed by atoms with E-state index in [4.69, 9.17) is 9.84 Å². The number of ether oxygens (including phenoxy) is 1. The molecule has 3 heteroatoms. The zero-order chi connectivity index (χ0) is 8.55. The lowest BCUT2D eigenvalue weighted by molar-refractivity contribution is 0.0234. The van der Waals surface area contributed by atoms with Gasteiger partial charge >= 0.3 is 0 Å². The minimum atomic E-state index is -0.263. The molecule has 2 rings (SSSR count). The molecule has 0 amide bonds. The minimum Gasteiger partial charge on any atom is -0.393 e. The van der Waals surface area contributed by atoms with E-state index in [2.05, 4.69) is 0 Å². The van der Waals surface area contributed by atoms with Gasteiger partial charge in [0.1, 0.15) is 11.9 Å². The first-order valence-corrected chi connectivity index (χ1v) is 3.82. The molecule has 1 aromatic rings. The fourth-order valence-electron chi connectivity index (χ4n) is 1.44. The van der Waals surface area contributed by atoms with E-state index in [1.165, 1.54) is 12.1 Å². The molecule has 2 nitrogen and oxygen atoms in total. The highest BCUT2D eigenvalue weighted by Crippen LogP contribution is 2.30. The molecule has 1 aliphatic heterocycles. The van der Waals surface area contributed by atoms with Gasteiger partial charge in [0.05, 0.1) is 13.2 Å². The first-order chi connectivity index (χ1) is 5.81. The molecule has 0 bridgehead atoms. The maximum Gasteiger partial charge on any atom is 0.123 e. The van der Waals surface area contributed by atoms with Crippen LogP contribution >= 0.6 is 0 Å². The standard InChI is InChI=1S/C9H9FO2/c10-7-1-2-8-6(3-7)5-12-9(8)4-11/h1-3,9,11H,4-5H2/t9-/m1/s1. The van der Waals surface area contributed by atoms with Gasteiger partial charge in [-0.05, 0) is 23.3 Å². The van der Waals surface area contributed by atoms with Gasteiger partial charge < -0.3 is 9.84 Å². The molecular weight excluding hydrogens is 159 g/mol. The highest BCUT2D eigenvalue weighted by Gasteiger charge is 2.22. The fraction of sp³-hybridized carbons (Fsp3) is 0.333. The van der Waals surface area contributed by atoms with Gasteiger partial charge in [-0.25, -0.2) is 4.39 Å². The van der Waals surface area contributed by atoms with E-state index in [1.807, 2.05) is 0 Å². The molecular formula is C9H9FO2. The predicted molar refractivity (Wildman–Crippen MR) is 41.0 cm³/mol. The molecule has 0 aliphatic carbocycles. The van der Waals surface area contributed by atoms with E-state index in [-0.39, 0.29) is 18.5 Å². The minimum absolute atomic E-state index is 0.0430. The molecule has 0 fully saturated rings. The van der Waals surface area contributed by atoms with Crippen molar-refractivity contribution in [2.45, 2.75) is 12.7 Å². The van der Waals surface area contributed by atoms with E-state index >= 15 is 0 Å². The molecule has 0 radical (unpaired) electrons. The van der Waals surface area contributed by atoms with Crippen molar-refractivity contribution in [3.05, 3.63) is 35.1 Å². The van der Waals surface area contributed by atoms with Crippen molar-refractivity contribution in [3.63, 3.8) is 0 Å². The van der Waals surface area contributed by atoms with E-state index in [0.29, 0.717) is 6.61 Å². The number of halogens is 1. The third-order valence-electron chi connectivity index (χ3n) is 2.06. The monoisotopic (exact) mass is 168 g/mol. The van der Waals surface area contributed by atoms with Crippen molar-refractivity contribution < 1.29 is 14.2 Å². The average Bonchev–Trinajstić information content (AvgIpc) is 2.46. The Morgan fingerprint density at radius 3 is 3.17 bits per heavy atom. The Balaban J connectivity index is 2.40. The Morgan fingerprint density at radius 2 is 2.42 bits per heavy atom. The Labute approximate surface area is 69.6 Å². The summed E-state index contributed by atoms with van der Waals surface area (Å²) in [5.41, 5.74) is 1.74. The van der Waals surface area contributed by atoms with Crippen LogP contribution in [-0.4, -0.2) is 11.7 Å². The molecule has 0 unspecified atom stereocenters. The van der Waals surface area contributed by atoms with Gasteiger partial charge in [0, 0.05) is 0 Å². The average molecular weight is 168 g/mol. The third kappa shape index (κ3) is 1.11. The van der Waals surface area contributed by atoms with Crippen LogP contribution in [0.4, 0.5) is 4.39 Å². The van der Waals surface area contributed by atoms with Crippen molar-refractivity contribution in [1.82, 2.24) is 0 Å². The summed E-state index contributed by atoms with van der Waals surface area (Å²) in [5.74, 6) is -0.254.